The van der Waals surface area contributed by atoms with Gasteiger partial charge in [-0.25, -0.2) is 0 Å². The van der Waals surface area contributed by atoms with E-state index >= 15 is 0 Å². The molecule has 1 N–H and O–H groups in total. The summed E-state index contributed by atoms with van der Waals surface area (Å²) in [4.78, 5) is 24.2. The highest BCUT2D eigenvalue weighted by Gasteiger charge is 2.43. The van der Waals surface area contributed by atoms with Crippen LogP contribution in [0.2, 0.25) is 0 Å². The highest BCUT2D eigenvalue weighted by molar-refractivity contribution is 9.11. The fourth-order valence-electron chi connectivity index (χ4n) is 2.07. The molecule has 0 unspecified atom stereocenters. The van der Waals surface area contributed by atoms with Crippen molar-refractivity contribution in [3.8, 4) is 0 Å². The molecule has 1 heterocycles. The molecule has 7 heteroatoms. The maximum atomic E-state index is 11.7. The summed E-state index contributed by atoms with van der Waals surface area (Å²) in [6, 6.07) is 0. The number of esters is 1. The zero-order valence-corrected chi connectivity index (χ0v) is 14.9. The molecular formula is C16H21BrO6. The highest BCUT2D eigenvalue weighted by atomic mass is 79.9. The van der Waals surface area contributed by atoms with Crippen LogP contribution in [0.5, 0.6) is 0 Å². The van der Waals surface area contributed by atoms with Crippen LogP contribution in [-0.2, 0) is 23.8 Å². The van der Waals surface area contributed by atoms with E-state index in [1.54, 1.807) is 13.8 Å². The number of ketones is 1. The number of hydrogen-bond donors (Lipinski definition) is 1. The lowest BCUT2D eigenvalue weighted by molar-refractivity contribution is -0.150. The molecule has 0 aromatic carbocycles. The Morgan fingerprint density at radius 3 is 2.70 bits per heavy atom. The van der Waals surface area contributed by atoms with Gasteiger partial charge in [-0.3, -0.25) is 9.59 Å². The Kier molecular flexibility index (Phi) is 7.88. The lowest BCUT2D eigenvalue weighted by Gasteiger charge is -2.18. The first-order valence-electron chi connectivity index (χ1n) is 7.12. The zero-order chi connectivity index (χ0) is 17.5. The van der Waals surface area contributed by atoms with Gasteiger partial charge in [-0.1, -0.05) is 15.9 Å². The van der Waals surface area contributed by atoms with Crippen molar-refractivity contribution in [1.29, 1.82) is 0 Å². The normalized spacial score (nSPS) is 24.0. The second-order valence-corrected chi connectivity index (χ2v) is 5.86. The molecule has 1 aliphatic rings. The van der Waals surface area contributed by atoms with Gasteiger partial charge < -0.3 is 19.3 Å². The fourth-order valence-corrected chi connectivity index (χ4v) is 2.23. The van der Waals surface area contributed by atoms with E-state index < -0.39 is 30.1 Å². The van der Waals surface area contributed by atoms with E-state index in [1.807, 2.05) is 0 Å². The van der Waals surface area contributed by atoms with Crippen LogP contribution in [0, 0.1) is 0 Å². The molecule has 128 valence electrons. The first-order valence-corrected chi connectivity index (χ1v) is 8.03. The quantitative estimate of drug-likeness (QED) is 0.408. The van der Waals surface area contributed by atoms with Gasteiger partial charge in [0, 0.05) is 11.4 Å². The number of allylic oxidation sites excluding steroid dienone is 1. The molecule has 1 saturated heterocycles. The Morgan fingerprint density at radius 2 is 2.09 bits per heavy atom. The summed E-state index contributed by atoms with van der Waals surface area (Å²) in [5.41, 5.74) is 2.72. The van der Waals surface area contributed by atoms with Gasteiger partial charge >= 0.3 is 5.97 Å². The summed E-state index contributed by atoms with van der Waals surface area (Å²) < 4.78 is 15.8. The van der Waals surface area contributed by atoms with Gasteiger partial charge in [0.25, 0.3) is 0 Å². The molecule has 0 aromatic heterocycles. The van der Waals surface area contributed by atoms with Crippen LogP contribution in [0.1, 0.15) is 26.7 Å². The average molecular weight is 389 g/mol. The lowest BCUT2D eigenvalue weighted by Crippen LogP contribution is -2.33. The summed E-state index contributed by atoms with van der Waals surface area (Å²) in [6.07, 6.45) is 2.20. The predicted molar refractivity (Wildman–Crippen MR) is 86.8 cm³/mol. The van der Waals surface area contributed by atoms with Gasteiger partial charge in [-0.15, -0.1) is 5.73 Å². The van der Waals surface area contributed by atoms with E-state index in [4.69, 9.17) is 9.47 Å². The predicted octanol–water partition coefficient (Wildman–Crippen LogP) is 2.01. The summed E-state index contributed by atoms with van der Waals surface area (Å²) in [6.45, 7) is 3.45. The minimum Gasteiger partial charge on any atom is -0.469 e. The molecule has 0 aromatic rings. The van der Waals surface area contributed by atoms with E-state index in [0.717, 1.165) is 0 Å². The number of rotatable bonds is 7. The lowest BCUT2D eigenvalue weighted by atomic mass is 10.1. The van der Waals surface area contributed by atoms with E-state index in [9.17, 15) is 14.7 Å². The molecule has 1 fully saturated rings. The van der Waals surface area contributed by atoms with E-state index in [2.05, 4.69) is 26.4 Å². The molecule has 6 nitrogen and oxygen atoms in total. The monoisotopic (exact) mass is 388 g/mol. The molecule has 0 bridgehead atoms. The third kappa shape index (κ3) is 6.81. The van der Waals surface area contributed by atoms with Gasteiger partial charge in [0.1, 0.15) is 18.3 Å². The van der Waals surface area contributed by atoms with Crippen molar-refractivity contribution >= 4 is 27.7 Å². The molecule has 0 aliphatic carbocycles. The van der Waals surface area contributed by atoms with Crippen LogP contribution in [0.3, 0.4) is 0 Å². The van der Waals surface area contributed by atoms with Crippen molar-refractivity contribution in [1.82, 2.24) is 0 Å². The van der Waals surface area contributed by atoms with Crippen molar-refractivity contribution in [3.63, 3.8) is 0 Å². The van der Waals surface area contributed by atoms with Gasteiger partial charge in [0.05, 0.1) is 13.5 Å². The maximum absolute atomic E-state index is 11.7. The first kappa shape index (κ1) is 19.8. The molecule has 0 amide bonds. The molecule has 0 saturated carbocycles. The zero-order valence-electron chi connectivity index (χ0n) is 13.3. The largest absolute Gasteiger partial charge is 0.469 e. The molecular weight excluding hydrogens is 368 g/mol. The van der Waals surface area contributed by atoms with Gasteiger partial charge in [0.15, 0.2) is 11.6 Å². The van der Waals surface area contributed by atoms with Crippen LogP contribution in [0.15, 0.2) is 28.9 Å². The molecule has 0 radical (unpaired) electrons. The summed E-state index contributed by atoms with van der Waals surface area (Å²) >= 11 is 3.06. The first-order chi connectivity index (χ1) is 10.8. The van der Waals surface area contributed by atoms with E-state index in [1.165, 1.54) is 30.3 Å². The van der Waals surface area contributed by atoms with Crippen molar-refractivity contribution in [2.75, 3.05) is 7.11 Å². The minimum atomic E-state index is -0.939. The Labute approximate surface area is 143 Å². The number of carbonyl (C=O) groups is 2. The highest BCUT2D eigenvalue weighted by Crippen LogP contribution is 2.31. The number of hydrogen-bond acceptors (Lipinski definition) is 6. The van der Waals surface area contributed by atoms with Crippen LogP contribution in [0.25, 0.3) is 0 Å². The number of aliphatic hydroxyl groups is 1. The van der Waals surface area contributed by atoms with Crippen molar-refractivity contribution in [2.45, 2.75) is 50.8 Å². The Balaban J connectivity index is 2.70. The SMILES string of the molecule is COC(=O)CCC(=O)/C=C/[C@H]1OC(C)(C)O[C@@H]1[C@H](O)C=C=CBr. The van der Waals surface area contributed by atoms with Crippen molar-refractivity contribution < 1.29 is 28.9 Å². The van der Waals surface area contributed by atoms with Crippen LogP contribution in [-0.4, -0.2) is 48.1 Å². The standard InChI is InChI=1S/C16H21BrO6/c1-16(2)22-13(15(23-16)12(19)5-4-10-17)8-6-11(18)7-9-14(20)21-3/h5-6,8,10,12-13,15,19H,7,9H2,1-3H3/b8-6+/t4?,12-,13-,15-/m1/s1. The Bertz CT molecular complexity index is 519. The van der Waals surface area contributed by atoms with Crippen molar-refractivity contribution in [2.24, 2.45) is 0 Å². The maximum Gasteiger partial charge on any atom is 0.305 e. The number of methoxy groups -OCH3 is 1. The van der Waals surface area contributed by atoms with Crippen molar-refractivity contribution in [3.05, 3.63) is 28.9 Å². The Hall–Kier alpha value is -1.24. The van der Waals surface area contributed by atoms with Crippen LogP contribution < -0.4 is 0 Å². The summed E-state index contributed by atoms with van der Waals surface area (Å²) in [7, 11) is 1.27. The molecule has 1 rings (SSSR count). The smallest absolute Gasteiger partial charge is 0.305 e. The topological polar surface area (TPSA) is 82.1 Å². The minimum absolute atomic E-state index is 0.0258. The second-order valence-electron chi connectivity index (χ2n) is 5.40. The second kappa shape index (κ2) is 9.15. The molecule has 1 aliphatic heterocycles. The molecule has 0 spiro atoms. The molecule has 3 atom stereocenters. The van der Waals surface area contributed by atoms with Gasteiger partial charge in [0.2, 0.25) is 0 Å². The number of halogens is 1. The summed E-state index contributed by atoms with van der Waals surface area (Å²) in [5, 5.41) is 10.1. The van der Waals surface area contributed by atoms with Crippen LogP contribution in [0.4, 0.5) is 0 Å². The van der Waals surface area contributed by atoms with Gasteiger partial charge in [-0.2, -0.15) is 0 Å². The number of ether oxygens (including phenoxy) is 3. The van der Waals surface area contributed by atoms with Gasteiger partial charge in [-0.05, 0) is 32.1 Å². The number of aliphatic hydroxyl groups excluding tert-OH is 1. The third-order valence-electron chi connectivity index (χ3n) is 3.11. The molecule has 23 heavy (non-hydrogen) atoms. The number of carbonyl (C=O) groups excluding carboxylic acids is 2. The van der Waals surface area contributed by atoms with E-state index in [-0.39, 0.29) is 18.6 Å². The average Bonchev–Trinajstić information content (AvgIpc) is 2.83. The van der Waals surface area contributed by atoms with Crippen LogP contribution >= 0.6 is 15.9 Å². The summed E-state index contributed by atoms with van der Waals surface area (Å²) in [5.74, 6) is -1.54. The third-order valence-corrected chi connectivity index (χ3v) is 3.37. The van der Waals surface area contributed by atoms with E-state index in [0.29, 0.717) is 0 Å². The fraction of sp³-hybridized carbons (Fsp3) is 0.562. The Morgan fingerprint density at radius 1 is 1.39 bits per heavy atom.